The molecule has 0 saturated heterocycles. The molecule has 3 N–H and O–H groups in total. The van der Waals surface area contributed by atoms with E-state index in [1.54, 1.807) is 0 Å². The van der Waals surface area contributed by atoms with Gasteiger partial charge in [-0.25, -0.2) is 4.98 Å². The van der Waals surface area contributed by atoms with Gasteiger partial charge in [-0.15, -0.1) is 0 Å². The zero-order chi connectivity index (χ0) is 12.2. The summed E-state index contributed by atoms with van der Waals surface area (Å²) in [5.74, 6) is -0.115. The summed E-state index contributed by atoms with van der Waals surface area (Å²) in [7, 11) is 1.42. The average Bonchev–Trinajstić information content (AvgIpc) is 2.24. The average molecular weight is 236 g/mol. The summed E-state index contributed by atoms with van der Waals surface area (Å²) in [5.41, 5.74) is -1.03. The molecular formula is C8H11F3N4O. The third kappa shape index (κ3) is 3.23. The Bertz CT molecular complexity index is 356. The smallest absolute Gasteiger partial charge is 0.395 e. The normalized spacial score (nSPS) is 11.3. The summed E-state index contributed by atoms with van der Waals surface area (Å²) < 4.78 is 37.2. The summed E-state index contributed by atoms with van der Waals surface area (Å²) in [4.78, 5) is 7.04. The maximum Gasteiger partial charge on any atom is 0.433 e. The monoisotopic (exact) mass is 236 g/mol. The minimum atomic E-state index is -4.52. The molecule has 1 aromatic rings. The summed E-state index contributed by atoms with van der Waals surface area (Å²) >= 11 is 0. The molecule has 90 valence electrons. The Morgan fingerprint density at radius 1 is 1.38 bits per heavy atom. The van der Waals surface area contributed by atoms with Crippen LogP contribution in [0.4, 0.5) is 24.9 Å². The molecule has 0 aliphatic heterocycles. The highest BCUT2D eigenvalue weighted by molar-refractivity contribution is 5.42. The van der Waals surface area contributed by atoms with Gasteiger partial charge in [-0.2, -0.15) is 18.2 Å². The van der Waals surface area contributed by atoms with Gasteiger partial charge in [0.25, 0.3) is 0 Å². The molecule has 0 aromatic carbocycles. The Kier molecular flexibility index (Phi) is 3.88. The quantitative estimate of drug-likeness (QED) is 0.725. The summed E-state index contributed by atoms with van der Waals surface area (Å²) in [5, 5.41) is 13.5. The molecule has 0 fully saturated rings. The van der Waals surface area contributed by atoms with Crippen molar-refractivity contribution in [1.29, 1.82) is 0 Å². The van der Waals surface area contributed by atoms with Gasteiger partial charge in [0, 0.05) is 19.7 Å². The molecule has 8 heteroatoms. The maximum absolute atomic E-state index is 12.4. The molecule has 1 aromatic heterocycles. The predicted molar refractivity (Wildman–Crippen MR) is 52.2 cm³/mol. The first-order valence-electron chi connectivity index (χ1n) is 4.46. The number of aliphatic hydroxyl groups excluding tert-OH is 1. The molecule has 0 radical (unpaired) electrons. The SMILES string of the molecule is CNc1nc(NCCO)cc(C(F)(F)F)n1. The van der Waals surface area contributed by atoms with Crippen LogP contribution < -0.4 is 10.6 Å². The Morgan fingerprint density at radius 2 is 2.06 bits per heavy atom. The summed E-state index contributed by atoms with van der Waals surface area (Å²) in [6, 6.07) is 0.788. The van der Waals surface area contributed by atoms with Crippen molar-refractivity contribution in [2.45, 2.75) is 6.18 Å². The van der Waals surface area contributed by atoms with Gasteiger partial charge >= 0.3 is 6.18 Å². The van der Waals surface area contributed by atoms with Crippen molar-refractivity contribution in [1.82, 2.24) is 9.97 Å². The van der Waals surface area contributed by atoms with Crippen molar-refractivity contribution in [3.05, 3.63) is 11.8 Å². The van der Waals surface area contributed by atoms with Crippen LogP contribution in [0.25, 0.3) is 0 Å². The van der Waals surface area contributed by atoms with E-state index in [-0.39, 0.29) is 24.9 Å². The molecule has 1 heterocycles. The standard InChI is InChI=1S/C8H11F3N4O/c1-12-7-14-5(8(9,10)11)4-6(15-7)13-2-3-16/h4,16H,2-3H2,1H3,(H2,12,13,14,15). The van der Waals surface area contributed by atoms with Crippen LogP contribution in [0.3, 0.4) is 0 Å². The molecule has 1 rings (SSSR count). The number of halogens is 3. The van der Waals surface area contributed by atoms with Gasteiger partial charge in [0.15, 0.2) is 5.69 Å². The van der Waals surface area contributed by atoms with Gasteiger partial charge in [0.1, 0.15) is 5.82 Å². The van der Waals surface area contributed by atoms with Gasteiger partial charge in [-0.05, 0) is 0 Å². The van der Waals surface area contributed by atoms with Crippen LogP contribution in [0.15, 0.2) is 6.07 Å². The molecule has 0 aliphatic rings. The van der Waals surface area contributed by atoms with Gasteiger partial charge in [0.05, 0.1) is 6.61 Å². The van der Waals surface area contributed by atoms with E-state index in [2.05, 4.69) is 20.6 Å². The second-order valence-electron chi connectivity index (χ2n) is 2.86. The van der Waals surface area contributed by atoms with Gasteiger partial charge in [-0.3, -0.25) is 0 Å². The van der Waals surface area contributed by atoms with Gasteiger partial charge in [-0.1, -0.05) is 0 Å². The van der Waals surface area contributed by atoms with Gasteiger partial charge < -0.3 is 15.7 Å². The zero-order valence-electron chi connectivity index (χ0n) is 8.47. The van der Waals surface area contributed by atoms with Crippen molar-refractivity contribution in [2.75, 3.05) is 30.8 Å². The van der Waals surface area contributed by atoms with Crippen LogP contribution in [0, 0.1) is 0 Å². The zero-order valence-corrected chi connectivity index (χ0v) is 8.47. The van der Waals surface area contributed by atoms with Crippen LogP contribution in [-0.4, -0.2) is 35.3 Å². The number of hydrogen-bond donors (Lipinski definition) is 3. The molecule has 0 aliphatic carbocycles. The highest BCUT2D eigenvalue weighted by atomic mass is 19.4. The highest BCUT2D eigenvalue weighted by Gasteiger charge is 2.33. The van der Waals surface area contributed by atoms with E-state index in [9.17, 15) is 13.2 Å². The van der Waals surface area contributed by atoms with Crippen molar-refractivity contribution in [2.24, 2.45) is 0 Å². The fourth-order valence-corrected chi connectivity index (χ4v) is 0.979. The topological polar surface area (TPSA) is 70.1 Å². The minimum absolute atomic E-state index is 0.0146. The van der Waals surface area contributed by atoms with E-state index >= 15 is 0 Å². The van der Waals surface area contributed by atoms with Gasteiger partial charge in [0.2, 0.25) is 5.95 Å². The second kappa shape index (κ2) is 4.97. The van der Waals surface area contributed by atoms with Crippen LogP contribution in [0.5, 0.6) is 0 Å². The lowest BCUT2D eigenvalue weighted by Crippen LogP contribution is -2.14. The second-order valence-corrected chi connectivity index (χ2v) is 2.86. The summed E-state index contributed by atoms with van der Waals surface area (Å²) in [6.07, 6.45) is -4.52. The largest absolute Gasteiger partial charge is 0.433 e. The molecule has 16 heavy (non-hydrogen) atoms. The molecule has 0 amide bonds. The lowest BCUT2D eigenvalue weighted by atomic mass is 10.3. The van der Waals surface area contributed by atoms with Crippen LogP contribution >= 0.6 is 0 Å². The van der Waals surface area contributed by atoms with E-state index in [0.717, 1.165) is 6.07 Å². The van der Waals surface area contributed by atoms with Crippen LogP contribution in [-0.2, 0) is 6.18 Å². The molecule has 0 atom stereocenters. The van der Waals surface area contributed by atoms with E-state index in [0.29, 0.717) is 0 Å². The third-order valence-electron chi connectivity index (χ3n) is 1.66. The van der Waals surface area contributed by atoms with E-state index < -0.39 is 11.9 Å². The number of anilines is 2. The molecule has 0 unspecified atom stereocenters. The Hall–Kier alpha value is -1.57. The number of nitrogens with one attached hydrogen (secondary N) is 2. The molecule has 0 saturated carbocycles. The van der Waals surface area contributed by atoms with Crippen LogP contribution in [0.1, 0.15) is 5.69 Å². The first-order valence-corrected chi connectivity index (χ1v) is 4.46. The molecule has 0 bridgehead atoms. The van der Waals surface area contributed by atoms with E-state index in [4.69, 9.17) is 5.11 Å². The fourth-order valence-electron chi connectivity index (χ4n) is 0.979. The van der Waals surface area contributed by atoms with Crippen molar-refractivity contribution in [3.63, 3.8) is 0 Å². The van der Waals surface area contributed by atoms with E-state index in [1.807, 2.05) is 0 Å². The van der Waals surface area contributed by atoms with Crippen molar-refractivity contribution in [3.8, 4) is 0 Å². The number of nitrogens with zero attached hydrogens (tertiary/aromatic N) is 2. The summed E-state index contributed by atoms with van der Waals surface area (Å²) in [6.45, 7) is -0.0717. The van der Waals surface area contributed by atoms with E-state index in [1.165, 1.54) is 7.05 Å². The predicted octanol–water partition coefficient (Wildman–Crippen LogP) is 0.941. The molecule has 5 nitrogen and oxygen atoms in total. The Balaban J connectivity index is 3.01. The Morgan fingerprint density at radius 3 is 2.56 bits per heavy atom. The maximum atomic E-state index is 12.4. The first kappa shape index (κ1) is 12.5. The molecule has 0 spiro atoms. The minimum Gasteiger partial charge on any atom is -0.395 e. The first-order chi connectivity index (χ1) is 7.47. The molecular weight excluding hydrogens is 225 g/mol. The van der Waals surface area contributed by atoms with Crippen molar-refractivity contribution < 1.29 is 18.3 Å². The fraction of sp³-hybridized carbons (Fsp3) is 0.500. The number of rotatable bonds is 4. The van der Waals surface area contributed by atoms with Crippen LogP contribution in [0.2, 0.25) is 0 Å². The Labute approximate surface area is 89.7 Å². The third-order valence-corrected chi connectivity index (χ3v) is 1.66. The number of aromatic nitrogens is 2. The number of hydrogen-bond acceptors (Lipinski definition) is 5. The lowest BCUT2D eigenvalue weighted by molar-refractivity contribution is -0.141. The van der Waals surface area contributed by atoms with Crippen molar-refractivity contribution >= 4 is 11.8 Å². The highest BCUT2D eigenvalue weighted by Crippen LogP contribution is 2.29. The lowest BCUT2D eigenvalue weighted by Gasteiger charge is -2.10. The number of aliphatic hydroxyl groups is 1. The number of alkyl halides is 3.